The number of ether oxygens (including phenoxy) is 2. The molecule has 1 aliphatic rings. The number of nitrogens with one attached hydrogen (secondary N) is 1. The lowest BCUT2D eigenvalue weighted by atomic mass is 9.72. The molecule has 1 aromatic heterocycles. The van der Waals surface area contributed by atoms with Gasteiger partial charge in [0.15, 0.2) is 0 Å². The number of esters is 1. The van der Waals surface area contributed by atoms with Gasteiger partial charge in [0.25, 0.3) is 0 Å². The number of carbonyl (C=O) groups is 2. The molecule has 1 N–H and O–H groups in total. The predicted molar refractivity (Wildman–Crippen MR) is 91.3 cm³/mol. The van der Waals surface area contributed by atoms with Crippen molar-refractivity contribution in [3.05, 3.63) is 16.0 Å². The van der Waals surface area contributed by atoms with Gasteiger partial charge in [-0.3, -0.25) is 5.32 Å². The highest BCUT2D eigenvalue weighted by atomic mass is 32.1. The molecule has 1 aromatic rings. The average molecular weight is 339 g/mol. The number of fused-ring (bicyclic) bond motifs is 1. The predicted octanol–water partition coefficient (Wildman–Crippen LogP) is 4.25. The molecule has 0 fully saturated rings. The highest BCUT2D eigenvalue weighted by Crippen LogP contribution is 2.44. The second-order valence-electron chi connectivity index (χ2n) is 6.85. The molecule has 6 heteroatoms. The van der Waals surface area contributed by atoms with Gasteiger partial charge in [-0.15, -0.1) is 11.3 Å². The van der Waals surface area contributed by atoms with Crippen molar-refractivity contribution in [1.82, 2.24) is 0 Å². The van der Waals surface area contributed by atoms with Crippen LogP contribution < -0.4 is 5.32 Å². The number of amides is 1. The van der Waals surface area contributed by atoms with E-state index in [9.17, 15) is 9.59 Å². The SMILES string of the molecule is CCOC(=O)Nc1sc2c(c1C(=O)OC)CCC(C(C)(C)C)C2. The first-order valence-electron chi connectivity index (χ1n) is 7.94. The van der Waals surface area contributed by atoms with E-state index in [0.717, 1.165) is 24.8 Å². The molecule has 2 rings (SSSR count). The third-order valence-electron chi connectivity index (χ3n) is 4.37. The van der Waals surface area contributed by atoms with Crippen LogP contribution in [-0.2, 0) is 22.3 Å². The zero-order chi connectivity index (χ0) is 17.2. The van der Waals surface area contributed by atoms with Crippen molar-refractivity contribution in [2.24, 2.45) is 11.3 Å². The Bertz CT molecular complexity index is 600. The smallest absolute Gasteiger partial charge is 0.412 e. The first-order valence-corrected chi connectivity index (χ1v) is 8.76. The van der Waals surface area contributed by atoms with Gasteiger partial charge in [-0.2, -0.15) is 0 Å². The van der Waals surface area contributed by atoms with Crippen molar-refractivity contribution in [1.29, 1.82) is 0 Å². The zero-order valence-corrected chi connectivity index (χ0v) is 15.3. The van der Waals surface area contributed by atoms with E-state index in [1.165, 1.54) is 23.3 Å². The maximum Gasteiger partial charge on any atom is 0.412 e. The van der Waals surface area contributed by atoms with E-state index in [-0.39, 0.29) is 12.0 Å². The van der Waals surface area contributed by atoms with Gasteiger partial charge in [0.1, 0.15) is 5.00 Å². The molecule has 23 heavy (non-hydrogen) atoms. The lowest BCUT2D eigenvalue weighted by Crippen LogP contribution is -2.26. The second kappa shape index (κ2) is 6.91. The van der Waals surface area contributed by atoms with Crippen LogP contribution in [0.25, 0.3) is 0 Å². The third kappa shape index (κ3) is 3.86. The zero-order valence-electron chi connectivity index (χ0n) is 14.4. The molecule has 1 unspecified atom stereocenters. The number of rotatable bonds is 3. The van der Waals surface area contributed by atoms with Crippen LogP contribution in [0.5, 0.6) is 0 Å². The Kier molecular flexibility index (Phi) is 5.34. The van der Waals surface area contributed by atoms with E-state index in [1.807, 2.05) is 0 Å². The Labute approximate surface area is 141 Å². The summed E-state index contributed by atoms with van der Waals surface area (Å²) in [6, 6.07) is 0. The summed E-state index contributed by atoms with van der Waals surface area (Å²) in [5.41, 5.74) is 1.74. The van der Waals surface area contributed by atoms with Crippen LogP contribution in [0.1, 0.15) is 54.9 Å². The summed E-state index contributed by atoms with van der Waals surface area (Å²) in [5.74, 6) is 0.165. The van der Waals surface area contributed by atoms with E-state index < -0.39 is 12.1 Å². The van der Waals surface area contributed by atoms with Crippen LogP contribution in [0.15, 0.2) is 0 Å². The molecule has 1 aliphatic carbocycles. The Hall–Kier alpha value is -1.56. The molecule has 0 saturated heterocycles. The largest absolute Gasteiger partial charge is 0.465 e. The monoisotopic (exact) mass is 339 g/mol. The van der Waals surface area contributed by atoms with Crippen molar-refractivity contribution in [3.63, 3.8) is 0 Å². The number of hydrogen-bond acceptors (Lipinski definition) is 5. The fourth-order valence-corrected chi connectivity index (χ4v) is 4.29. The summed E-state index contributed by atoms with van der Waals surface area (Å²) < 4.78 is 9.84. The van der Waals surface area contributed by atoms with Gasteiger partial charge >= 0.3 is 12.1 Å². The minimum absolute atomic E-state index is 0.224. The molecule has 0 bridgehead atoms. The lowest BCUT2D eigenvalue weighted by Gasteiger charge is -2.33. The Morgan fingerprint density at radius 1 is 1.35 bits per heavy atom. The standard InChI is InChI=1S/C17H25NO4S/c1-6-22-16(20)18-14-13(15(19)21-5)11-8-7-10(17(2,3)4)9-12(11)23-14/h10H,6-9H2,1-5H3,(H,18,20). The fraction of sp³-hybridized carbons (Fsp3) is 0.647. The number of anilines is 1. The molecule has 0 aromatic carbocycles. The summed E-state index contributed by atoms with van der Waals surface area (Å²) in [4.78, 5) is 25.1. The van der Waals surface area contributed by atoms with Gasteiger partial charge in [0.05, 0.1) is 19.3 Å². The molecular weight excluding hydrogens is 314 g/mol. The van der Waals surface area contributed by atoms with E-state index in [4.69, 9.17) is 9.47 Å². The molecule has 0 radical (unpaired) electrons. The van der Waals surface area contributed by atoms with Crippen molar-refractivity contribution in [2.45, 2.75) is 47.0 Å². The van der Waals surface area contributed by atoms with E-state index in [0.29, 0.717) is 16.5 Å². The van der Waals surface area contributed by atoms with Crippen LogP contribution >= 0.6 is 11.3 Å². The van der Waals surface area contributed by atoms with Crippen molar-refractivity contribution in [3.8, 4) is 0 Å². The van der Waals surface area contributed by atoms with Gasteiger partial charge in [-0.1, -0.05) is 20.8 Å². The van der Waals surface area contributed by atoms with Gasteiger partial charge in [0, 0.05) is 4.88 Å². The van der Waals surface area contributed by atoms with Crippen molar-refractivity contribution < 1.29 is 19.1 Å². The molecule has 5 nitrogen and oxygen atoms in total. The lowest BCUT2D eigenvalue weighted by molar-refractivity contribution is 0.0600. The summed E-state index contributed by atoms with van der Waals surface area (Å²) in [5, 5.41) is 3.23. The maximum absolute atomic E-state index is 12.2. The van der Waals surface area contributed by atoms with E-state index in [1.54, 1.807) is 6.92 Å². The first kappa shape index (κ1) is 17.8. The molecule has 1 amide bonds. The normalized spacial score (nSPS) is 17.3. The van der Waals surface area contributed by atoms with E-state index >= 15 is 0 Å². The van der Waals surface area contributed by atoms with Crippen LogP contribution in [-0.4, -0.2) is 25.8 Å². The fourth-order valence-electron chi connectivity index (χ4n) is 2.99. The molecule has 0 saturated carbocycles. The van der Waals surface area contributed by atoms with Crippen LogP contribution in [0.3, 0.4) is 0 Å². The number of methoxy groups -OCH3 is 1. The summed E-state index contributed by atoms with van der Waals surface area (Å²) in [6.07, 6.45) is 2.26. The van der Waals surface area contributed by atoms with Crippen molar-refractivity contribution >= 4 is 28.4 Å². The quantitative estimate of drug-likeness (QED) is 0.836. The Morgan fingerprint density at radius 2 is 2.04 bits per heavy atom. The number of carbonyl (C=O) groups excluding carboxylic acids is 2. The van der Waals surface area contributed by atoms with Gasteiger partial charge in [0.2, 0.25) is 0 Å². The van der Waals surface area contributed by atoms with E-state index in [2.05, 4.69) is 26.1 Å². The highest BCUT2D eigenvalue weighted by Gasteiger charge is 2.34. The number of thiophene rings is 1. The van der Waals surface area contributed by atoms with Crippen LogP contribution in [0, 0.1) is 11.3 Å². The highest BCUT2D eigenvalue weighted by molar-refractivity contribution is 7.17. The third-order valence-corrected chi connectivity index (χ3v) is 5.54. The average Bonchev–Trinajstić information content (AvgIpc) is 2.82. The van der Waals surface area contributed by atoms with Gasteiger partial charge < -0.3 is 9.47 Å². The van der Waals surface area contributed by atoms with Gasteiger partial charge in [-0.05, 0) is 43.1 Å². The molecule has 128 valence electrons. The topological polar surface area (TPSA) is 64.6 Å². The first-order chi connectivity index (χ1) is 10.8. The molecule has 0 spiro atoms. The molecule has 1 atom stereocenters. The summed E-state index contributed by atoms with van der Waals surface area (Å²) in [6.45, 7) is 8.77. The maximum atomic E-state index is 12.2. The summed E-state index contributed by atoms with van der Waals surface area (Å²) >= 11 is 1.47. The Morgan fingerprint density at radius 3 is 2.61 bits per heavy atom. The molecule has 0 aliphatic heterocycles. The van der Waals surface area contributed by atoms with Gasteiger partial charge in [-0.25, -0.2) is 9.59 Å². The molecule has 1 heterocycles. The van der Waals surface area contributed by atoms with Crippen molar-refractivity contribution in [2.75, 3.05) is 19.0 Å². The minimum atomic E-state index is -0.538. The second-order valence-corrected chi connectivity index (χ2v) is 7.96. The molecular formula is C17H25NO4S. The Balaban J connectivity index is 2.35. The van der Waals surface area contributed by atoms with Crippen LogP contribution in [0.4, 0.5) is 9.80 Å². The summed E-state index contributed by atoms with van der Waals surface area (Å²) in [7, 11) is 1.36. The number of hydrogen-bond donors (Lipinski definition) is 1. The van der Waals surface area contributed by atoms with Crippen LogP contribution in [0.2, 0.25) is 0 Å². The minimum Gasteiger partial charge on any atom is -0.465 e.